The molecule has 0 aromatic carbocycles. The number of aliphatic hydroxyl groups excluding tert-OH is 1. The monoisotopic (exact) mass is 254 g/mol. The highest BCUT2D eigenvalue weighted by Crippen LogP contribution is 2.29. The van der Waals surface area contributed by atoms with Crippen LogP contribution in [0.15, 0.2) is 0 Å². The summed E-state index contributed by atoms with van der Waals surface area (Å²) in [6, 6.07) is 0.252. The third-order valence-electron chi connectivity index (χ3n) is 4.61. The normalized spacial score (nSPS) is 32.8. The highest BCUT2D eigenvalue weighted by atomic mass is 16.3. The number of piperidine rings is 1. The van der Waals surface area contributed by atoms with Gasteiger partial charge in [0.2, 0.25) is 5.91 Å². The first-order valence-electron chi connectivity index (χ1n) is 7.40. The summed E-state index contributed by atoms with van der Waals surface area (Å²) in [5.74, 6) is 0.278. The Morgan fingerprint density at radius 3 is 2.89 bits per heavy atom. The van der Waals surface area contributed by atoms with Gasteiger partial charge in [-0.25, -0.2) is 0 Å². The first-order chi connectivity index (χ1) is 8.73. The Morgan fingerprint density at radius 2 is 2.28 bits per heavy atom. The quantitative estimate of drug-likeness (QED) is 0.794. The number of hydrogen-bond donors (Lipinski definition) is 2. The molecule has 2 atom stereocenters. The van der Waals surface area contributed by atoms with Gasteiger partial charge >= 0.3 is 0 Å². The van der Waals surface area contributed by atoms with Crippen LogP contribution < -0.4 is 5.32 Å². The lowest BCUT2D eigenvalue weighted by molar-refractivity contribution is -0.142. The maximum absolute atomic E-state index is 12.8. The van der Waals surface area contributed by atoms with Crippen molar-refractivity contribution in [1.29, 1.82) is 0 Å². The molecule has 0 bridgehead atoms. The molecule has 18 heavy (non-hydrogen) atoms. The first-order valence-corrected chi connectivity index (χ1v) is 7.40. The van der Waals surface area contributed by atoms with Crippen LogP contribution in [0.4, 0.5) is 0 Å². The van der Waals surface area contributed by atoms with E-state index in [9.17, 15) is 4.79 Å². The third kappa shape index (κ3) is 2.54. The molecule has 0 radical (unpaired) electrons. The number of carbonyl (C=O) groups is 1. The van der Waals surface area contributed by atoms with Gasteiger partial charge in [0.05, 0.1) is 5.54 Å². The highest BCUT2D eigenvalue weighted by molar-refractivity contribution is 5.87. The van der Waals surface area contributed by atoms with Gasteiger partial charge in [0.15, 0.2) is 0 Å². The SMILES string of the molecule is CCC1(C(=O)N2CCCCC2CCO)CCCN1. The zero-order valence-electron chi connectivity index (χ0n) is 11.5. The third-order valence-corrected chi connectivity index (χ3v) is 4.61. The Hall–Kier alpha value is -0.610. The minimum atomic E-state index is -0.314. The molecule has 0 aliphatic carbocycles. The summed E-state index contributed by atoms with van der Waals surface area (Å²) >= 11 is 0. The van der Waals surface area contributed by atoms with Crippen LogP contribution in [0.25, 0.3) is 0 Å². The van der Waals surface area contributed by atoms with E-state index in [0.717, 1.165) is 51.6 Å². The topological polar surface area (TPSA) is 52.6 Å². The molecule has 0 spiro atoms. The molecule has 2 fully saturated rings. The molecule has 0 aromatic rings. The number of amides is 1. The molecule has 1 amide bonds. The molecular formula is C14H26N2O2. The van der Waals surface area contributed by atoms with Gasteiger partial charge in [0.1, 0.15) is 0 Å². The van der Waals surface area contributed by atoms with E-state index in [1.54, 1.807) is 0 Å². The Balaban J connectivity index is 2.09. The lowest BCUT2D eigenvalue weighted by atomic mass is 9.89. The van der Waals surface area contributed by atoms with Crippen LogP contribution in [0, 0.1) is 0 Å². The van der Waals surface area contributed by atoms with E-state index < -0.39 is 0 Å². The fraction of sp³-hybridized carbons (Fsp3) is 0.929. The van der Waals surface area contributed by atoms with Crippen LogP contribution in [-0.4, -0.2) is 47.2 Å². The summed E-state index contributed by atoms with van der Waals surface area (Å²) in [5.41, 5.74) is -0.314. The van der Waals surface area contributed by atoms with Crippen molar-refractivity contribution in [2.45, 2.75) is 63.5 Å². The van der Waals surface area contributed by atoms with E-state index >= 15 is 0 Å². The molecule has 2 aliphatic rings. The number of rotatable bonds is 4. The van der Waals surface area contributed by atoms with Gasteiger partial charge in [-0.15, -0.1) is 0 Å². The van der Waals surface area contributed by atoms with E-state index in [1.807, 2.05) is 4.90 Å². The fourth-order valence-corrected chi connectivity index (χ4v) is 3.43. The molecule has 4 heteroatoms. The van der Waals surface area contributed by atoms with Crippen LogP contribution in [0.1, 0.15) is 51.9 Å². The van der Waals surface area contributed by atoms with Crippen LogP contribution in [0.5, 0.6) is 0 Å². The minimum absolute atomic E-state index is 0.182. The van der Waals surface area contributed by atoms with Gasteiger partial charge in [-0.3, -0.25) is 4.79 Å². The minimum Gasteiger partial charge on any atom is -0.396 e. The molecule has 2 rings (SSSR count). The number of likely N-dealkylation sites (tertiary alicyclic amines) is 1. The smallest absolute Gasteiger partial charge is 0.243 e. The van der Waals surface area contributed by atoms with Crippen LogP contribution in [-0.2, 0) is 4.79 Å². The summed E-state index contributed by atoms with van der Waals surface area (Å²) in [4.78, 5) is 14.9. The van der Waals surface area contributed by atoms with Crippen molar-refractivity contribution in [3.63, 3.8) is 0 Å². The van der Waals surface area contributed by atoms with Crippen molar-refractivity contribution in [1.82, 2.24) is 10.2 Å². The van der Waals surface area contributed by atoms with Crippen molar-refractivity contribution in [2.75, 3.05) is 19.7 Å². The largest absolute Gasteiger partial charge is 0.396 e. The van der Waals surface area contributed by atoms with Crippen molar-refractivity contribution >= 4 is 5.91 Å². The Bertz CT molecular complexity index is 286. The fourth-order valence-electron chi connectivity index (χ4n) is 3.43. The molecule has 2 N–H and O–H groups in total. The molecule has 2 heterocycles. The average molecular weight is 254 g/mol. The summed E-state index contributed by atoms with van der Waals surface area (Å²) in [6.07, 6.45) is 6.99. The summed E-state index contributed by atoms with van der Waals surface area (Å²) in [5, 5.41) is 12.6. The standard InChI is InChI=1S/C14H26N2O2/c1-2-14(8-5-9-15-14)13(18)16-10-4-3-6-12(16)7-11-17/h12,15,17H,2-11H2,1H3. The summed E-state index contributed by atoms with van der Waals surface area (Å²) in [6.45, 7) is 4.10. The van der Waals surface area contributed by atoms with Crippen molar-refractivity contribution < 1.29 is 9.90 Å². The number of aliphatic hydroxyl groups is 1. The molecule has 0 aromatic heterocycles. The number of hydrogen-bond acceptors (Lipinski definition) is 3. The Labute approximate surface area is 110 Å². The number of nitrogens with one attached hydrogen (secondary N) is 1. The Morgan fingerprint density at radius 1 is 1.44 bits per heavy atom. The van der Waals surface area contributed by atoms with Gasteiger partial charge < -0.3 is 15.3 Å². The lowest BCUT2D eigenvalue weighted by Gasteiger charge is -2.41. The van der Waals surface area contributed by atoms with Crippen molar-refractivity contribution in [2.24, 2.45) is 0 Å². The van der Waals surface area contributed by atoms with E-state index in [-0.39, 0.29) is 24.1 Å². The maximum Gasteiger partial charge on any atom is 0.243 e. The molecular weight excluding hydrogens is 228 g/mol. The lowest BCUT2D eigenvalue weighted by Crippen LogP contribution is -2.58. The van der Waals surface area contributed by atoms with Gasteiger partial charge in [0.25, 0.3) is 0 Å². The molecule has 104 valence electrons. The number of nitrogens with zero attached hydrogens (tertiary/aromatic N) is 1. The molecule has 2 aliphatic heterocycles. The second-order valence-electron chi connectivity index (χ2n) is 5.63. The zero-order valence-corrected chi connectivity index (χ0v) is 11.5. The summed E-state index contributed by atoms with van der Waals surface area (Å²) < 4.78 is 0. The van der Waals surface area contributed by atoms with E-state index in [2.05, 4.69) is 12.2 Å². The van der Waals surface area contributed by atoms with E-state index in [4.69, 9.17) is 5.11 Å². The van der Waals surface area contributed by atoms with Crippen molar-refractivity contribution in [3.8, 4) is 0 Å². The molecule has 4 nitrogen and oxygen atoms in total. The van der Waals surface area contributed by atoms with Crippen molar-refractivity contribution in [3.05, 3.63) is 0 Å². The zero-order chi connectivity index (χ0) is 13.0. The molecule has 0 saturated carbocycles. The van der Waals surface area contributed by atoms with Gasteiger partial charge in [-0.2, -0.15) is 0 Å². The highest BCUT2D eigenvalue weighted by Gasteiger charge is 2.43. The van der Waals surface area contributed by atoms with Gasteiger partial charge in [0, 0.05) is 19.2 Å². The van der Waals surface area contributed by atoms with Gasteiger partial charge in [-0.1, -0.05) is 6.92 Å². The summed E-state index contributed by atoms with van der Waals surface area (Å²) in [7, 11) is 0. The molecule has 2 saturated heterocycles. The maximum atomic E-state index is 12.8. The second-order valence-corrected chi connectivity index (χ2v) is 5.63. The first kappa shape index (κ1) is 13.8. The molecule has 2 unspecified atom stereocenters. The van der Waals surface area contributed by atoms with E-state index in [0.29, 0.717) is 0 Å². The van der Waals surface area contributed by atoms with Crippen LogP contribution in [0.2, 0.25) is 0 Å². The van der Waals surface area contributed by atoms with Gasteiger partial charge in [-0.05, 0) is 51.5 Å². The predicted octanol–water partition coefficient (Wildman–Crippen LogP) is 1.28. The second kappa shape index (κ2) is 6.02. The van der Waals surface area contributed by atoms with Crippen LogP contribution in [0.3, 0.4) is 0 Å². The number of carbonyl (C=O) groups excluding carboxylic acids is 1. The predicted molar refractivity (Wildman–Crippen MR) is 71.3 cm³/mol. The average Bonchev–Trinajstić information content (AvgIpc) is 2.89. The van der Waals surface area contributed by atoms with E-state index in [1.165, 1.54) is 6.42 Å². The Kier molecular flexibility index (Phi) is 4.62. The van der Waals surface area contributed by atoms with Crippen LogP contribution >= 0.6 is 0 Å².